The van der Waals surface area contributed by atoms with Crippen molar-refractivity contribution >= 4 is 46.3 Å². The third kappa shape index (κ3) is 3.30. The fourth-order valence-corrected chi connectivity index (χ4v) is 3.37. The van der Waals surface area contributed by atoms with E-state index in [2.05, 4.69) is 4.98 Å². The highest BCUT2D eigenvalue weighted by molar-refractivity contribution is 8.26. The highest BCUT2D eigenvalue weighted by Gasteiger charge is 2.39. The van der Waals surface area contributed by atoms with Crippen LogP contribution >= 0.6 is 24.0 Å². The second-order valence-corrected chi connectivity index (χ2v) is 6.57. The maximum atomic E-state index is 12.4. The molecule has 1 fully saturated rings. The normalized spacial score (nSPS) is 18.6. The number of nitrogens with one attached hydrogen (secondary N) is 1. The predicted octanol–water partition coefficient (Wildman–Crippen LogP) is 0.476. The Kier molecular flexibility index (Phi) is 4.74. The van der Waals surface area contributed by atoms with Gasteiger partial charge in [-0.05, 0) is 18.1 Å². The molecule has 0 bridgehead atoms. The van der Waals surface area contributed by atoms with Crippen LogP contribution in [0.1, 0.15) is 19.4 Å². The number of aromatic nitrogens is 1. The first-order valence-electron chi connectivity index (χ1n) is 6.36. The van der Waals surface area contributed by atoms with E-state index in [1.54, 1.807) is 32.3 Å². The number of pyridine rings is 1. The highest BCUT2D eigenvalue weighted by Crippen LogP contribution is 2.35. The van der Waals surface area contributed by atoms with Gasteiger partial charge in [0.1, 0.15) is 4.32 Å². The van der Waals surface area contributed by atoms with Gasteiger partial charge in [-0.2, -0.15) is 0 Å². The van der Waals surface area contributed by atoms with E-state index >= 15 is 0 Å². The Labute approximate surface area is 132 Å². The Morgan fingerprint density at radius 3 is 2.76 bits per heavy atom. The second-order valence-electron chi connectivity index (χ2n) is 4.90. The smallest absolute Gasteiger partial charge is 0.266 e. The number of carboxylic acid groups (broad SMARTS) is 1. The molecule has 2 rings (SSSR count). The molecule has 1 aliphatic heterocycles. The molecular weight excluding hydrogens is 308 g/mol. The molecule has 2 heterocycles. The summed E-state index contributed by atoms with van der Waals surface area (Å²) in [7, 11) is 0. The average molecular weight is 322 g/mol. The number of carboxylic acids is 1. The van der Waals surface area contributed by atoms with Gasteiger partial charge in [-0.15, -0.1) is 0 Å². The van der Waals surface area contributed by atoms with Gasteiger partial charge in [0, 0.05) is 11.6 Å². The molecular formula is C14H14N2O3S2. The number of hydrogen-bond acceptors (Lipinski definition) is 5. The predicted molar refractivity (Wildman–Crippen MR) is 81.6 cm³/mol. The summed E-state index contributed by atoms with van der Waals surface area (Å²) in [4.78, 5) is 28.2. The number of carbonyl (C=O) groups is 2. The van der Waals surface area contributed by atoms with Crippen molar-refractivity contribution in [2.24, 2.45) is 5.92 Å². The Hall–Kier alpha value is -1.73. The van der Waals surface area contributed by atoms with E-state index < -0.39 is 17.9 Å². The van der Waals surface area contributed by atoms with Crippen molar-refractivity contribution in [1.82, 2.24) is 4.90 Å². The molecule has 0 saturated carbocycles. The van der Waals surface area contributed by atoms with Gasteiger partial charge in [-0.3, -0.25) is 9.69 Å². The number of nitrogens with zero attached hydrogens (tertiary/aromatic N) is 1. The molecule has 1 aromatic heterocycles. The zero-order valence-electron chi connectivity index (χ0n) is 11.5. The highest BCUT2D eigenvalue weighted by atomic mass is 32.2. The summed E-state index contributed by atoms with van der Waals surface area (Å²) in [5, 5.41) is 11.3. The molecule has 5 nitrogen and oxygen atoms in total. The molecule has 1 unspecified atom stereocenters. The Bertz CT molecular complexity index is 614. The number of H-pyrrole nitrogens is 1. The summed E-state index contributed by atoms with van der Waals surface area (Å²) < 4.78 is 0.245. The first kappa shape index (κ1) is 15.7. The minimum absolute atomic E-state index is 0.245. The number of carbonyl (C=O) groups excluding carboxylic acids is 2. The second kappa shape index (κ2) is 6.36. The van der Waals surface area contributed by atoms with Gasteiger partial charge in [0.25, 0.3) is 5.91 Å². The van der Waals surface area contributed by atoms with Gasteiger partial charge >= 0.3 is 0 Å². The van der Waals surface area contributed by atoms with Crippen molar-refractivity contribution in [3.63, 3.8) is 0 Å². The molecule has 0 radical (unpaired) electrons. The quantitative estimate of drug-likeness (QED) is 0.595. The lowest BCUT2D eigenvalue weighted by Crippen LogP contribution is -2.52. The minimum Gasteiger partial charge on any atom is -0.548 e. The summed E-state index contributed by atoms with van der Waals surface area (Å²) >= 11 is 6.26. The molecule has 1 N–H and O–H groups in total. The fraction of sp³-hybridized carbons (Fsp3) is 0.286. The Morgan fingerprint density at radius 1 is 1.52 bits per heavy atom. The van der Waals surface area contributed by atoms with Crippen LogP contribution in [0.15, 0.2) is 29.4 Å². The monoisotopic (exact) mass is 322 g/mol. The van der Waals surface area contributed by atoms with E-state index in [1.165, 1.54) is 0 Å². The van der Waals surface area contributed by atoms with E-state index in [-0.39, 0.29) is 10.2 Å². The maximum Gasteiger partial charge on any atom is 0.266 e. The fourth-order valence-electron chi connectivity index (χ4n) is 2.04. The van der Waals surface area contributed by atoms with Gasteiger partial charge in [-0.1, -0.05) is 37.8 Å². The van der Waals surface area contributed by atoms with E-state index in [0.29, 0.717) is 4.91 Å². The molecule has 7 heteroatoms. The van der Waals surface area contributed by atoms with Crippen LogP contribution in [0.2, 0.25) is 0 Å². The van der Waals surface area contributed by atoms with Crippen LogP contribution in [0.3, 0.4) is 0 Å². The van der Waals surface area contributed by atoms with Crippen LogP contribution < -0.4 is 10.1 Å². The molecule has 1 amide bonds. The standard InChI is InChI=1S/C14H14N2O3S2/c1-8(2)11(13(18)19)16-12(17)10(21-14(16)20)6-9-4-3-5-15-7-9/h3-8,11H,1-2H3,(H,18,19)/b10-6+. The number of aliphatic carboxylic acids is 1. The van der Waals surface area contributed by atoms with Crippen LogP contribution in [0.5, 0.6) is 0 Å². The first-order valence-corrected chi connectivity index (χ1v) is 7.58. The third-order valence-electron chi connectivity index (χ3n) is 3.00. The van der Waals surface area contributed by atoms with E-state index in [4.69, 9.17) is 12.2 Å². The Balaban J connectivity index is 2.32. The number of rotatable bonds is 4. The zero-order chi connectivity index (χ0) is 15.6. The van der Waals surface area contributed by atoms with Crippen LogP contribution in [0.4, 0.5) is 0 Å². The first-order chi connectivity index (χ1) is 9.91. The van der Waals surface area contributed by atoms with Gasteiger partial charge in [0.2, 0.25) is 0 Å². The van der Waals surface area contributed by atoms with Crippen LogP contribution in [0, 0.1) is 5.92 Å². The number of aromatic amines is 1. The van der Waals surface area contributed by atoms with Crippen molar-refractivity contribution in [1.29, 1.82) is 0 Å². The molecule has 0 aliphatic carbocycles. The lowest BCUT2D eigenvalue weighted by atomic mass is 10.0. The molecule has 1 aromatic rings. The summed E-state index contributed by atoms with van der Waals surface area (Å²) in [5.41, 5.74) is 0.813. The molecule has 110 valence electrons. The molecule has 0 spiro atoms. The largest absolute Gasteiger partial charge is 0.548 e. The number of thiocarbonyl (C=S) groups is 1. The Morgan fingerprint density at radius 2 is 2.24 bits per heavy atom. The van der Waals surface area contributed by atoms with Crippen LogP contribution in [-0.2, 0) is 9.59 Å². The molecule has 0 aromatic carbocycles. The lowest BCUT2D eigenvalue weighted by Gasteiger charge is -2.30. The van der Waals surface area contributed by atoms with Gasteiger partial charge in [0.15, 0.2) is 12.4 Å². The van der Waals surface area contributed by atoms with Crippen molar-refractivity contribution < 1.29 is 19.7 Å². The van der Waals surface area contributed by atoms with Crippen LogP contribution in [0.25, 0.3) is 6.08 Å². The van der Waals surface area contributed by atoms with Crippen molar-refractivity contribution in [3.05, 3.63) is 35.0 Å². The van der Waals surface area contributed by atoms with Gasteiger partial charge < -0.3 is 9.90 Å². The van der Waals surface area contributed by atoms with Gasteiger partial charge in [0.05, 0.1) is 16.9 Å². The summed E-state index contributed by atoms with van der Waals surface area (Å²) in [6, 6.07) is 2.59. The number of amides is 1. The third-order valence-corrected chi connectivity index (χ3v) is 4.33. The van der Waals surface area contributed by atoms with E-state index in [1.807, 2.05) is 12.1 Å². The average Bonchev–Trinajstić information content (AvgIpc) is 2.67. The maximum absolute atomic E-state index is 12.4. The molecule has 1 aliphatic rings. The SMILES string of the molecule is CC(C)C(C(=O)[O-])N1C(=O)/C(=C\c2ccc[nH+]c2)SC1=S. The summed E-state index contributed by atoms with van der Waals surface area (Å²) in [5.74, 6) is -1.98. The van der Waals surface area contributed by atoms with E-state index in [9.17, 15) is 14.7 Å². The minimum atomic E-state index is -1.30. The van der Waals surface area contributed by atoms with Crippen molar-refractivity contribution in [2.75, 3.05) is 0 Å². The number of thioether (sulfide) groups is 1. The summed E-state index contributed by atoms with van der Waals surface area (Å²) in [6.45, 7) is 3.43. The molecule has 1 saturated heterocycles. The van der Waals surface area contributed by atoms with Crippen LogP contribution in [-0.4, -0.2) is 27.1 Å². The van der Waals surface area contributed by atoms with Crippen molar-refractivity contribution in [3.8, 4) is 0 Å². The molecule has 21 heavy (non-hydrogen) atoms. The molecule has 1 atom stereocenters. The lowest BCUT2D eigenvalue weighted by molar-refractivity contribution is -0.378. The number of hydrogen-bond donors (Lipinski definition) is 0. The van der Waals surface area contributed by atoms with Crippen molar-refractivity contribution in [2.45, 2.75) is 19.9 Å². The van der Waals surface area contributed by atoms with E-state index in [0.717, 1.165) is 22.2 Å². The van der Waals surface area contributed by atoms with Gasteiger partial charge in [-0.25, -0.2) is 4.98 Å². The zero-order valence-corrected chi connectivity index (χ0v) is 13.2. The summed E-state index contributed by atoms with van der Waals surface area (Å²) in [6.07, 6.45) is 5.18. The topological polar surface area (TPSA) is 74.6 Å².